The molecule has 0 bridgehead atoms. The van der Waals surface area contributed by atoms with Crippen molar-refractivity contribution in [2.24, 2.45) is 0 Å². The van der Waals surface area contributed by atoms with Gasteiger partial charge in [0.05, 0.1) is 5.69 Å². The molecule has 0 N–H and O–H groups in total. The minimum absolute atomic E-state index is 0.843. The molecule has 3 heterocycles. The Balaban J connectivity index is 1.22. The van der Waals surface area contributed by atoms with E-state index in [1.54, 1.807) is 0 Å². The van der Waals surface area contributed by atoms with Crippen LogP contribution in [0.2, 0.25) is 5.02 Å². The van der Waals surface area contributed by atoms with E-state index < -0.39 is 0 Å². The first-order valence-corrected chi connectivity index (χ1v) is 10.9. The molecule has 0 unspecified atom stereocenters. The molecule has 1 saturated carbocycles. The lowest BCUT2D eigenvalue weighted by atomic mass is 9.91. The Kier molecular flexibility index (Phi) is 5.22. The van der Waals surface area contributed by atoms with Crippen LogP contribution in [0, 0.1) is 0 Å². The zero-order valence-corrected chi connectivity index (χ0v) is 17.1. The number of rotatable bonds is 4. The van der Waals surface area contributed by atoms with Gasteiger partial charge in [-0.3, -0.25) is 9.80 Å². The first kappa shape index (κ1) is 18.3. The second-order valence-corrected chi connectivity index (χ2v) is 8.71. The van der Waals surface area contributed by atoms with Crippen LogP contribution < -0.4 is 4.90 Å². The Bertz CT molecular complexity index is 829. The van der Waals surface area contributed by atoms with Crippen LogP contribution in [0.25, 0.3) is 0 Å². The highest BCUT2D eigenvalue weighted by molar-refractivity contribution is 6.31. The molecule has 2 fully saturated rings. The van der Waals surface area contributed by atoms with Crippen LogP contribution >= 0.6 is 11.6 Å². The molecule has 148 valence electrons. The quantitative estimate of drug-likeness (QED) is 0.790. The van der Waals surface area contributed by atoms with E-state index in [1.807, 2.05) is 12.1 Å². The average Bonchev–Trinajstić information content (AvgIpc) is 2.69. The van der Waals surface area contributed by atoms with Crippen LogP contribution in [-0.4, -0.2) is 58.5 Å². The molecule has 0 spiro atoms. The van der Waals surface area contributed by atoms with E-state index in [-0.39, 0.29) is 0 Å². The highest BCUT2D eigenvalue weighted by atomic mass is 35.5. The zero-order chi connectivity index (χ0) is 18.9. The molecule has 0 atom stereocenters. The summed E-state index contributed by atoms with van der Waals surface area (Å²) in [6.45, 7) is 7.19. The van der Waals surface area contributed by atoms with Gasteiger partial charge in [0.15, 0.2) is 0 Å². The monoisotopic (exact) mass is 397 g/mol. The van der Waals surface area contributed by atoms with Crippen LogP contribution in [0.1, 0.15) is 36.1 Å². The number of piperazine rings is 1. The van der Waals surface area contributed by atoms with Crippen LogP contribution in [0.3, 0.4) is 0 Å². The normalized spacial score (nSPS) is 21.4. The van der Waals surface area contributed by atoms with Gasteiger partial charge in [-0.15, -0.1) is 0 Å². The molecule has 1 aromatic heterocycles. The number of fused-ring (bicyclic) bond motifs is 1. The second-order valence-electron chi connectivity index (χ2n) is 8.30. The van der Waals surface area contributed by atoms with Gasteiger partial charge in [0.2, 0.25) is 5.95 Å². The van der Waals surface area contributed by atoms with Crippen LogP contribution in [0.4, 0.5) is 5.95 Å². The molecular weight excluding hydrogens is 370 g/mol. The largest absolute Gasteiger partial charge is 0.338 e. The van der Waals surface area contributed by atoms with Gasteiger partial charge in [-0.25, -0.2) is 9.97 Å². The summed E-state index contributed by atoms with van der Waals surface area (Å²) in [5.74, 6) is 0.923. The average molecular weight is 398 g/mol. The number of hydrogen-bond acceptors (Lipinski definition) is 5. The molecule has 1 aliphatic carbocycles. The maximum absolute atomic E-state index is 6.33. The van der Waals surface area contributed by atoms with Crippen molar-refractivity contribution in [2.75, 3.05) is 37.6 Å². The standard InChI is InChI=1S/C22H28ClN5/c23-20-7-2-1-4-17(20)15-26-9-8-21-18(16-26)14-24-22(25-21)28-12-10-27(11-13-28)19-5-3-6-19/h1-2,4,7,14,19H,3,5-6,8-13,15-16H2. The minimum Gasteiger partial charge on any atom is -0.338 e. The van der Waals surface area contributed by atoms with Crippen molar-refractivity contribution in [3.63, 3.8) is 0 Å². The Hall–Kier alpha value is -1.69. The summed E-state index contributed by atoms with van der Waals surface area (Å²) < 4.78 is 0. The Morgan fingerprint density at radius 3 is 2.61 bits per heavy atom. The second kappa shape index (κ2) is 7.97. The summed E-state index contributed by atoms with van der Waals surface area (Å²) >= 11 is 6.33. The summed E-state index contributed by atoms with van der Waals surface area (Å²) in [7, 11) is 0. The molecule has 3 aliphatic rings. The SMILES string of the molecule is Clc1ccccc1CN1CCc2nc(N3CCN(C4CCC4)CC3)ncc2C1. The first-order valence-electron chi connectivity index (χ1n) is 10.6. The molecule has 5 rings (SSSR count). The molecule has 0 radical (unpaired) electrons. The molecular formula is C22H28ClN5. The van der Waals surface area contributed by atoms with Gasteiger partial charge in [0.1, 0.15) is 0 Å². The molecule has 6 heteroatoms. The summed E-state index contributed by atoms with van der Waals surface area (Å²) in [6, 6.07) is 8.96. The van der Waals surface area contributed by atoms with Crippen molar-refractivity contribution < 1.29 is 0 Å². The number of benzene rings is 1. The fourth-order valence-electron chi connectivity index (χ4n) is 4.56. The number of aromatic nitrogens is 2. The van der Waals surface area contributed by atoms with Crippen molar-refractivity contribution in [3.8, 4) is 0 Å². The van der Waals surface area contributed by atoms with Gasteiger partial charge in [0, 0.05) is 75.1 Å². The molecule has 28 heavy (non-hydrogen) atoms. The van der Waals surface area contributed by atoms with Gasteiger partial charge in [-0.05, 0) is 24.5 Å². The number of halogens is 1. The van der Waals surface area contributed by atoms with Gasteiger partial charge >= 0.3 is 0 Å². The van der Waals surface area contributed by atoms with Crippen LogP contribution in [0.5, 0.6) is 0 Å². The van der Waals surface area contributed by atoms with E-state index in [1.165, 1.54) is 36.1 Å². The van der Waals surface area contributed by atoms with Crippen molar-refractivity contribution in [2.45, 2.75) is 44.8 Å². The summed E-state index contributed by atoms with van der Waals surface area (Å²) in [6.07, 6.45) is 7.22. The predicted octanol–water partition coefficient (Wildman–Crippen LogP) is 3.36. The lowest BCUT2D eigenvalue weighted by Gasteiger charge is -2.43. The number of nitrogens with zero attached hydrogens (tertiary/aromatic N) is 5. The van der Waals surface area contributed by atoms with E-state index in [2.05, 4.69) is 33.0 Å². The number of hydrogen-bond donors (Lipinski definition) is 0. The Labute approximate surface area is 172 Å². The molecule has 2 aromatic rings. The molecule has 2 aliphatic heterocycles. The van der Waals surface area contributed by atoms with Crippen molar-refractivity contribution in [1.82, 2.24) is 19.8 Å². The maximum atomic E-state index is 6.33. The van der Waals surface area contributed by atoms with Crippen molar-refractivity contribution >= 4 is 17.5 Å². The zero-order valence-electron chi connectivity index (χ0n) is 16.4. The van der Waals surface area contributed by atoms with Crippen molar-refractivity contribution in [3.05, 3.63) is 52.3 Å². The smallest absolute Gasteiger partial charge is 0.225 e. The molecule has 5 nitrogen and oxygen atoms in total. The van der Waals surface area contributed by atoms with E-state index >= 15 is 0 Å². The lowest BCUT2D eigenvalue weighted by Crippen LogP contribution is -2.52. The van der Waals surface area contributed by atoms with E-state index in [4.69, 9.17) is 21.6 Å². The van der Waals surface area contributed by atoms with E-state index in [9.17, 15) is 0 Å². The minimum atomic E-state index is 0.843. The summed E-state index contributed by atoms with van der Waals surface area (Å²) in [5, 5.41) is 0.848. The fraction of sp³-hybridized carbons (Fsp3) is 0.545. The van der Waals surface area contributed by atoms with Crippen LogP contribution in [0.15, 0.2) is 30.5 Å². The third-order valence-corrected chi connectivity index (χ3v) is 6.91. The van der Waals surface area contributed by atoms with Gasteiger partial charge in [0.25, 0.3) is 0 Å². The highest BCUT2D eigenvalue weighted by Crippen LogP contribution is 2.27. The summed E-state index contributed by atoms with van der Waals surface area (Å²) in [4.78, 5) is 17.1. The maximum Gasteiger partial charge on any atom is 0.225 e. The number of anilines is 1. The topological polar surface area (TPSA) is 35.5 Å². The van der Waals surface area contributed by atoms with Gasteiger partial charge < -0.3 is 4.90 Å². The lowest BCUT2D eigenvalue weighted by molar-refractivity contribution is 0.120. The molecule has 0 amide bonds. The summed E-state index contributed by atoms with van der Waals surface area (Å²) in [5.41, 5.74) is 3.67. The Morgan fingerprint density at radius 1 is 1.04 bits per heavy atom. The molecule has 1 saturated heterocycles. The third kappa shape index (κ3) is 3.76. The van der Waals surface area contributed by atoms with Crippen molar-refractivity contribution in [1.29, 1.82) is 0 Å². The first-order chi connectivity index (χ1) is 13.8. The molecule has 1 aromatic carbocycles. The van der Waals surface area contributed by atoms with E-state index in [0.29, 0.717) is 0 Å². The van der Waals surface area contributed by atoms with Crippen LogP contribution in [-0.2, 0) is 19.5 Å². The third-order valence-electron chi connectivity index (χ3n) is 6.54. The fourth-order valence-corrected chi connectivity index (χ4v) is 4.75. The van der Waals surface area contributed by atoms with Gasteiger partial charge in [-0.1, -0.05) is 36.2 Å². The Morgan fingerprint density at radius 2 is 1.86 bits per heavy atom. The van der Waals surface area contributed by atoms with E-state index in [0.717, 1.165) is 69.2 Å². The van der Waals surface area contributed by atoms with Gasteiger partial charge in [-0.2, -0.15) is 0 Å². The highest BCUT2D eigenvalue weighted by Gasteiger charge is 2.29. The predicted molar refractivity (Wildman–Crippen MR) is 113 cm³/mol.